The summed E-state index contributed by atoms with van der Waals surface area (Å²) < 4.78 is 10.7. The molecule has 0 saturated carbocycles. The zero-order valence-electron chi connectivity index (χ0n) is 14.5. The number of aliphatic hydroxyl groups is 2. The van der Waals surface area contributed by atoms with Crippen LogP contribution in [0, 0.1) is 0 Å². The van der Waals surface area contributed by atoms with E-state index in [4.69, 9.17) is 19.3 Å². The zero-order valence-corrected chi connectivity index (χ0v) is 15.5. The van der Waals surface area contributed by atoms with Crippen LogP contribution in [0.25, 0.3) is 0 Å². The van der Waals surface area contributed by atoms with Gasteiger partial charge in [-0.15, -0.1) is 0 Å². The summed E-state index contributed by atoms with van der Waals surface area (Å²) in [7, 11) is -2.28. The van der Waals surface area contributed by atoms with Gasteiger partial charge in [0, 0.05) is 6.92 Å². The molecule has 134 valence electrons. The molecule has 0 bridgehead atoms. The van der Waals surface area contributed by atoms with E-state index in [1.54, 1.807) is 0 Å². The largest absolute Gasteiger partial charge is 0.455 e. The smallest absolute Gasteiger partial charge is 0.332 e. The lowest BCUT2D eigenvalue weighted by atomic mass is 10.0. The summed E-state index contributed by atoms with van der Waals surface area (Å²) in [5, 5.41) is 21.2. The summed E-state index contributed by atoms with van der Waals surface area (Å²) in [5.74, 6) is -1.17. The van der Waals surface area contributed by atoms with Crippen LogP contribution in [-0.4, -0.2) is 61.4 Å². The minimum absolute atomic E-state index is 0.134. The lowest BCUT2D eigenvalue weighted by Gasteiger charge is -2.36. The van der Waals surface area contributed by atoms with Crippen LogP contribution in [0.2, 0.25) is 18.1 Å². The quantitative estimate of drug-likeness (QED) is 0.269. The number of hydrogen-bond donors (Lipinski definition) is 3. The van der Waals surface area contributed by atoms with E-state index in [0.29, 0.717) is 0 Å². The third kappa shape index (κ3) is 4.74. The fraction of sp³-hybridized carbons (Fsp3) is 0.857. The number of hydrogen-bond acceptors (Lipinski definition) is 7. The Bertz CT molecular complexity index is 449. The number of cyclic esters (lactones) is 1. The van der Waals surface area contributed by atoms with Crippen LogP contribution in [-0.2, 0) is 23.8 Å². The van der Waals surface area contributed by atoms with Crippen molar-refractivity contribution >= 4 is 20.2 Å². The van der Waals surface area contributed by atoms with Crippen molar-refractivity contribution in [2.24, 2.45) is 0 Å². The van der Waals surface area contributed by atoms with Crippen LogP contribution in [0.3, 0.4) is 0 Å². The van der Waals surface area contributed by atoms with E-state index in [9.17, 15) is 14.7 Å². The second-order valence-electron chi connectivity index (χ2n) is 7.23. The maximum Gasteiger partial charge on any atom is 0.332 e. The Morgan fingerprint density at radius 3 is 2.43 bits per heavy atom. The van der Waals surface area contributed by atoms with Gasteiger partial charge in [0.1, 0.15) is 6.10 Å². The van der Waals surface area contributed by atoms with Gasteiger partial charge in [0.2, 0.25) is 14.2 Å². The van der Waals surface area contributed by atoms with Crippen LogP contribution in [0.4, 0.5) is 0 Å². The Labute approximate surface area is 137 Å². The first kappa shape index (κ1) is 20.0. The fourth-order valence-electron chi connectivity index (χ4n) is 1.77. The topological polar surface area (TPSA) is 114 Å². The maximum absolute atomic E-state index is 11.9. The molecule has 1 amide bonds. The molecule has 1 heterocycles. The molecule has 0 aromatic rings. The van der Waals surface area contributed by atoms with E-state index < -0.39 is 51.2 Å². The molecule has 0 aliphatic carbocycles. The van der Waals surface area contributed by atoms with Crippen molar-refractivity contribution in [2.45, 2.75) is 70.2 Å². The molecule has 1 aliphatic heterocycles. The standard InChI is InChI=1S/C14H27NO7Si/c1-8(17)15-10-12(11(9(18)7-16)20-13(10)19)21-22-23(5,6)14(2,3)4/h9-12,16,18H,7H2,1-6H3,(H,15,17)/t9-,10+,11-,12-/m1/s1. The first-order chi connectivity index (χ1) is 10.4. The molecule has 0 aromatic carbocycles. The molecule has 23 heavy (non-hydrogen) atoms. The van der Waals surface area contributed by atoms with Gasteiger partial charge in [0.05, 0.1) is 6.61 Å². The van der Waals surface area contributed by atoms with Crippen molar-refractivity contribution in [3.8, 4) is 0 Å². The van der Waals surface area contributed by atoms with E-state index in [2.05, 4.69) is 5.32 Å². The van der Waals surface area contributed by atoms with Crippen LogP contribution >= 0.6 is 0 Å². The molecule has 4 atom stereocenters. The minimum atomic E-state index is -2.28. The van der Waals surface area contributed by atoms with Gasteiger partial charge in [0.25, 0.3) is 0 Å². The number of carbonyl (C=O) groups excluding carboxylic acids is 2. The first-order valence-electron chi connectivity index (χ1n) is 7.51. The number of nitrogens with one attached hydrogen (secondary N) is 1. The molecular formula is C14H27NO7Si. The van der Waals surface area contributed by atoms with Gasteiger partial charge in [-0.05, 0) is 18.1 Å². The molecule has 0 unspecified atom stereocenters. The molecule has 1 aliphatic rings. The number of ether oxygens (including phenoxy) is 1. The molecule has 8 nitrogen and oxygen atoms in total. The van der Waals surface area contributed by atoms with Crippen molar-refractivity contribution in [1.29, 1.82) is 0 Å². The highest BCUT2D eigenvalue weighted by molar-refractivity contribution is 6.73. The van der Waals surface area contributed by atoms with Gasteiger partial charge in [-0.25, -0.2) is 9.68 Å². The Balaban J connectivity index is 2.93. The zero-order chi connectivity index (χ0) is 18.0. The minimum Gasteiger partial charge on any atom is -0.455 e. The fourth-order valence-corrected chi connectivity index (χ4v) is 2.37. The van der Waals surface area contributed by atoms with E-state index in [-0.39, 0.29) is 5.04 Å². The average molecular weight is 349 g/mol. The van der Waals surface area contributed by atoms with E-state index >= 15 is 0 Å². The molecule has 0 radical (unpaired) electrons. The number of aliphatic hydroxyl groups excluding tert-OH is 2. The summed E-state index contributed by atoms with van der Waals surface area (Å²) in [6.45, 7) is 10.6. The van der Waals surface area contributed by atoms with Crippen molar-refractivity contribution in [2.75, 3.05) is 6.61 Å². The van der Waals surface area contributed by atoms with Crippen LogP contribution < -0.4 is 5.32 Å². The van der Waals surface area contributed by atoms with Crippen LogP contribution in [0.5, 0.6) is 0 Å². The molecule has 1 saturated heterocycles. The molecule has 1 fully saturated rings. The number of amides is 1. The summed E-state index contributed by atoms with van der Waals surface area (Å²) in [6, 6.07) is -1.09. The molecule has 0 spiro atoms. The lowest BCUT2D eigenvalue weighted by Crippen LogP contribution is -2.51. The summed E-state index contributed by atoms with van der Waals surface area (Å²) in [6.07, 6.45) is -3.48. The van der Waals surface area contributed by atoms with Crippen LogP contribution in [0.15, 0.2) is 0 Å². The second kappa shape index (κ2) is 7.26. The Morgan fingerprint density at radius 2 is 2.00 bits per heavy atom. The van der Waals surface area contributed by atoms with E-state index in [1.807, 2.05) is 33.9 Å². The second-order valence-corrected chi connectivity index (χ2v) is 11.9. The van der Waals surface area contributed by atoms with Crippen molar-refractivity contribution in [1.82, 2.24) is 5.32 Å². The van der Waals surface area contributed by atoms with Crippen molar-refractivity contribution in [3.05, 3.63) is 0 Å². The molecule has 0 aromatic heterocycles. The highest BCUT2D eigenvalue weighted by atomic mass is 28.4. The third-order valence-electron chi connectivity index (χ3n) is 4.26. The highest BCUT2D eigenvalue weighted by Gasteiger charge is 2.51. The normalized spacial score (nSPS) is 26.8. The van der Waals surface area contributed by atoms with Gasteiger partial charge >= 0.3 is 5.97 Å². The molecule has 9 heteroatoms. The first-order valence-corrected chi connectivity index (χ1v) is 10.4. The average Bonchev–Trinajstić information content (AvgIpc) is 2.71. The van der Waals surface area contributed by atoms with Gasteiger partial charge in [-0.3, -0.25) is 9.37 Å². The molecular weight excluding hydrogens is 322 g/mol. The molecule has 3 N–H and O–H groups in total. The summed E-state index contributed by atoms with van der Waals surface area (Å²) in [5.41, 5.74) is 0. The van der Waals surface area contributed by atoms with Gasteiger partial charge in [-0.1, -0.05) is 20.8 Å². The number of esters is 1. The van der Waals surface area contributed by atoms with Crippen LogP contribution in [0.1, 0.15) is 27.7 Å². The van der Waals surface area contributed by atoms with Crippen molar-refractivity contribution < 1.29 is 34.0 Å². The number of rotatable bonds is 6. The molecule has 1 rings (SSSR count). The Hall–Kier alpha value is -1.00. The highest BCUT2D eigenvalue weighted by Crippen LogP contribution is 2.37. The SMILES string of the molecule is CC(=O)N[C@@H]1C(=O)O[C@H]([C@H](O)CO)[C@@H]1OO[Si](C)(C)C(C)(C)C. The predicted molar refractivity (Wildman–Crippen MR) is 83.7 cm³/mol. The summed E-state index contributed by atoms with van der Waals surface area (Å²) >= 11 is 0. The van der Waals surface area contributed by atoms with Crippen molar-refractivity contribution in [3.63, 3.8) is 0 Å². The lowest BCUT2D eigenvalue weighted by molar-refractivity contribution is -0.277. The number of carbonyl (C=O) groups is 2. The monoisotopic (exact) mass is 349 g/mol. The summed E-state index contributed by atoms with van der Waals surface area (Å²) in [4.78, 5) is 28.6. The van der Waals surface area contributed by atoms with E-state index in [0.717, 1.165) is 0 Å². The maximum atomic E-state index is 11.9. The third-order valence-corrected chi connectivity index (χ3v) is 8.38. The predicted octanol–water partition coefficient (Wildman–Crippen LogP) is 0.0917. The Morgan fingerprint density at radius 1 is 1.43 bits per heavy atom. The van der Waals surface area contributed by atoms with Gasteiger partial charge in [-0.2, -0.15) is 0 Å². The Kier molecular flexibility index (Phi) is 6.33. The van der Waals surface area contributed by atoms with E-state index in [1.165, 1.54) is 6.92 Å². The van der Waals surface area contributed by atoms with Gasteiger partial charge in [0.15, 0.2) is 18.2 Å². The van der Waals surface area contributed by atoms with Gasteiger partial charge < -0.3 is 20.3 Å².